The van der Waals surface area contributed by atoms with Gasteiger partial charge in [-0.3, -0.25) is 9.78 Å². The molecule has 0 spiro atoms. The number of H-pyrrole nitrogens is 1. The Balaban J connectivity index is 2.42. The van der Waals surface area contributed by atoms with Gasteiger partial charge in [0.1, 0.15) is 0 Å². The summed E-state index contributed by atoms with van der Waals surface area (Å²) in [6.07, 6.45) is 2.66. The summed E-state index contributed by atoms with van der Waals surface area (Å²) in [6, 6.07) is 2.93. The summed E-state index contributed by atoms with van der Waals surface area (Å²) in [5.74, 6) is -1.07. The summed E-state index contributed by atoms with van der Waals surface area (Å²) in [5.41, 5.74) is 0.494. The summed E-state index contributed by atoms with van der Waals surface area (Å²) in [5, 5.41) is 9.39. The summed E-state index contributed by atoms with van der Waals surface area (Å²) < 4.78 is 0. The Labute approximate surface area is 106 Å². The largest absolute Gasteiger partial charge is 0.478 e. The van der Waals surface area contributed by atoms with Crippen LogP contribution in [-0.4, -0.2) is 26.0 Å². The molecule has 92 valence electrons. The van der Waals surface area contributed by atoms with Crippen LogP contribution in [0.5, 0.6) is 0 Å². The van der Waals surface area contributed by atoms with Crippen molar-refractivity contribution in [1.82, 2.24) is 15.0 Å². The van der Waals surface area contributed by atoms with Crippen molar-refractivity contribution in [2.45, 2.75) is 17.0 Å². The predicted molar refractivity (Wildman–Crippen MR) is 64.9 cm³/mol. The number of aromatic nitrogens is 3. The Hall–Kier alpha value is -2.15. The number of carboxylic acids is 1. The van der Waals surface area contributed by atoms with Gasteiger partial charge in [-0.1, -0.05) is 11.8 Å². The zero-order chi connectivity index (χ0) is 13.1. The molecule has 0 fully saturated rings. The van der Waals surface area contributed by atoms with Crippen molar-refractivity contribution in [1.29, 1.82) is 0 Å². The molecule has 2 aromatic heterocycles. The predicted octanol–water partition coefficient (Wildman–Crippen LogP) is 1.32. The van der Waals surface area contributed by atoms with Crippen LogP contribution in [0.1, 0.15) is 16.1 Å². The third kappa shape index (κ3) is 2.75. The first-order valence-electron chi connectivity index (χ1n) is 4.99. The van der Waals surface area contributed by atoms with E-state index in [0.717, 1.165) is 11.8 Å². The molecule has 0 amide bonds. The van der Waals surface area contributed by atoms with Crippen molar-refractivity contribution >= 4 is 17.7 Å². The first-order valence-corrected chi connectivity index (χ1v) is 5.81. The maximum absolute atomic E-state index is 11.1. The molecule has 2 N–H and O–H groups in total. The van der Waals surface area contributed by atoms with Gasteiger partial charge in [-0.2, -0.15) is 0 Å². The van der Waals surface area contributed by atoms with E-state index in [4.69, 9.17) is 5.11 Å². The molecule has 0 saturated carbocycles. The van der Waals surface area contributed by atoms with Crippen LogP contribution in [0.15, 0.2) is 39.4 Å². The molecule has 0 atom stereocenters. The number of nitrogens with one attached hydrogen (secondary N) is 1. The lowest BCUT2D eigenvalue weighted by atomic mass is 10.2. The van der Waals surface area contributed by atoms with E-state index >= 15 is 0 Å². The van der Waals surface area contributed by atoms with Crippen LogP contribution in [0.2, 0.25) is 0 Å². The fraction of sp³-hybridized carbons (Fsp3) is 0.0909. The van der Waals surface area contributed by atoms with Gasteiger partial charge in [0.05, 0.1) is 5.56 Å². The van der Waals surface area contributed by atoms with Crippen molar-refractivity contribution in [3.05, 3.63) is 46.1 Å². The van der Waals surface area contributed by atoms with E-state index in [-0.39, 0.29) is 11.1 Å². The smallest absolute Gasteiger partial charge is 0.338 e. The van der Waals surface area contributed by atoms with Gasteiger partial charge < -0.3 is 10.1 Å². The highest BCUT2D eigenvalue weighted by Crippen LogP contribution is 2.27. The highest BCUT2D eigenvalue weighted by atomic mass is 32.2. The van der Waals surface area contributed by atoms with E-state index in [2.05, 4.69) is 15.0 Å². The van der Waals surface area contributed by atoms with E-state index < -0.39 is 5.97 Å². The van der Waals surface area contributed by atoms with Crippen LogP contribution in [0.25, 0.3) is 0 Å². The lowest BCUT2D eigenvalue weighted by Crippen LogP contribution is -2.06. The lowest BCUT2D eigenvalue weighted by Gasteiger charge is -2.05. The Bertz CT molecular complexity index is 654. The Morgan fingerprint density at radius 2 is 2.22 bits per heavy atom. The number of rotatable bonds is 3. The van der Waals surface area contributed by atoms with Crippen LogP contribution >= 0.6 is 11.8 Å². The molecule has 0 unspecified atom stereocenters. The fourth-order valence-corrected chi connectivity index (χ4v) is 2.24. The van der Waals surface area contributed by atoms with Crippen LogP contribution < -0.4 is 5.56 Å². The Morgan fingerprint density at radius 1 is 1.44 bits per heavy atom. The second kappa shape index (κ2) is 5.01. The average Bonchev–Trinajstić information content (AvgIpc) is 2.28. The fourth-order valence-electron chi connectivity index (χ4n) is 1.29. The van der Waals surface area contributed by atoms with Crippen LogP contribution in [0.4, 0.5) is 0 Å². The molecule has 2 aromatic rings. The van der Waals surface area contributed by atoms with E-state index in [1.165, 1.54) is 18.5 Å². The molecule has 0 bridgehead atoms. The van der Waals surface area contributed by atoms with Gasteiger partial charge in [-0.05, 0) is 13.0 Å². The lowest BCUT2D eigenvalue weighted by molar-refractivity contribution is 0.0692. The monoisotopic (exact) mass is 263 g/mol. The second-order valence-corrected chi connectivity index (χ2v) is 4.50. The molecule has 7 heteroatoms. The van der Waals surface area contributed by atoms with E-state index in [0.29, 0.717) is 15.7 Å². The highest BCUT2D eigenvalue weighted by Gasteiger charge is 2.13. The van der Waals surface area contributed by atoms with Gasteiger partial charge >= 0.3 is 5.97 Å². The van der Waals surface area contributed by atoms with Crippen molar-refractivity contribution < 1.29 is 9.90 Å². The first kappa shape index (κ1) is 12.3. The number of carbonyl (C=O) groups is 1. The molecule has 0 aliphatic heterocycles. The molecular formula is C11H9N3O3S. The molecular weight excluding hydrogens is 254 g/mol. The molecule has 0 radical (unpaired) electrons. The van der Waals surface area contributed by atoms with Crippen molar-refractivity contribution in [2.75, 3.05) is 0 Å². The molecule has 0 aliphatic carbocycles. The number of aromatic carboxylic acids is 1. The molecule has 6 nitrogen and oxygen atoms in total. The van der Waals surface area contributed by atoms with Gasteiger partial charge in [0, 0.05) is 29.0 Å². The number of hydrogen-bond acceptors (Lipinski definition) is 5. The van der Waals surface area contributed by atoms with Gasteiger partial charge in [0.2, 0.25) is 0 Å². The molecule has 2 rings (SSSR count). The number of hydrogen-bond donors (Lipinski definition) is 2. The van der Waals surface area contributed by atoms with Gasteiger partial charge in [0.25, 0.3) is 5.56 Å². The van der Waals surface area contributed by atoms with Gasteiger partial charge in [0.15, 0.2) is 5.16 Å². The third-order valence-corrected chi connectivity index (χ3v) is 3.05. The number of carboxylic acid groups (broad SMARTS) is 1. The maximum atomic E-state index is 11.1. The van der Waals surface area contributed by atoms with Crippen molar-refractivity contribution in [3.63, 3.8) is 0 Å². The van der Waals surface area contributed by atoms with Crippen molar-refractivity contribution in [2.24, 2.45) is 0 Å². The molecule has 0 aliphatic rings. The van der Waals surface area contributed by atoms with Crippen LogP contribution in [-0.2, 0) is 0 Å². The van der Waals surface area contributed by atoms with Gasteiger partial charge in [-0.25, -0.2) is 9.78 Å². The normalized spacial score (nSPS) is 10.3. The van der Waals surface area contributed by atoms with E-state index in [9.17, 15) is 9.59 Å². The average molecular weight is 263 g/mol. The number of aryl methyl sites for hydroxylation is 1. The summed E-state index contributed by atoms with van der Waals surface area (Å²) in [6.45, 7) is 1.76. The minimum absolute atomic E-state index is 0.0807. The highest BCUT2D eigenvalue weighted by molar-refractivity contribution is 7.99. The number of nitrogens with zero attached hydrogens (tertiary/aromatic N) is 2. The SMILES string of the molecule is Cc1cc(Sc2nccc(=O)[nH]2)c(C(=O)O)cn1. The van der Waals surface area contributed by atoms with E-state index in [1.807, 2.05) is 0 Å². The number of aromatic amines is 1. The zero-order valence-electron chi connectivity index (χ0n) is 9.38. The topological polar surface area (TPSA) is 95.9 Å². The second-order valence-electron chi connectivity index (χ2n) is 3.47. The zero-order valence-corrected chi connectivity index (χ0v) is 10.2. The number of pyridine rings is 1. The van der Waals surface area contributed by atoms with Crippen molar-refractivity contribution in [3.8, 4) is 0 Å². The molecule has 0 aromatic carbocycles. The van der Waals surface area contributed by atoms with E-state index in [1.54, 1.807) is 13.0 Å². The molecule has 2 heterocycles. The third-order valence-electron chi connectivity index (χ3n) is 2.09. The van der Waals surface area contributed by atoms with Gasteiger partial charge in [-0.15, -0.1) is 0 Å². The first-order chi connectivity index (χ1) is 8.56. The standard InChI is InChI=1S/C11H9N3O3S/c1-6-4-8(7(5-13-6)10(16)17)18-11-12-3-2-9(15)14-11/h2-5H,1H3,(H,16,17)(H,12,14,15). The summed E-state index contributed by atoms with van der Waals surface area (Å²) >= 11 is 1.08. The minimum atomic E-state index is -1.07. The maximum Gasteiger partial charge on any atom is 0.338 e. The summed E-state index contributed by atoms with van der Waals surface area (Å²) in [4.78, 5) is 33.1. The quantitative estimate of drug-likeness (QED) is 0.811. The van der Waals surface area contributed by atoms with Crippen LogP contribution in [0.3, 0.4) is 0 Å². The minimum Gasteiger partial charge on any atom is -0.478 e. The summed E-state index contributed by atoms with van der Waals surface area (Å²) in [7, 11) is 0. The molecule has 0 saturated heterocycles. The molecule has 18 heavy (non-hydrogen) atoms. The Morgan fingerprint density at radius 3 is 2.89 bits per heavy atom. The Kier molecular flexibility index (Phi) is 3.42. The van der Waals surface area contributed by atoms with Crippen LogP contribution in [0, 0.1) is 6.92 Å².